The van der Waals surface area contributed by atoms with Crippen molar-refractivity contribution < 1.29 is 18.0 Å². The first kappa shape index (κ1) is 20.0. The summed E-state index contributed by atoms with van der Waals surface area (Å²) in [6, 6.07) is 12.2. The Balaban J connectivity index is 1.83. The summed E-state index contributed by atoms with van der Waals surface area (Å²) in [5.74, 6) is -0.867. The monoisotopic (exact) mass is 399 g/mol. The normalized spacial score (nSPS) is 11.9. The molecule has 2 aromatic heterocycles. The number of rotatable bonds is 5. The maximum absolute atomic E-state index is 12.5. The number of nitrogens with one attached hydrogen (secondary N) is 3. The number of hydrogen-bond acceptors (Lipinski definition) is 5. The molecule has 1 amide bonds. The number of carbonyl (C=O) groups excluding carboxylic acids is 1. The van der Waals surface area contributed by atoms with Crippen molar-refractivity contribution in [2.75, 3.05) is 7.05 Å². The van der Waals surface area contributed by atoms with Gasteiger partial charge in [0.2, 0.25) is 0 Å². The van der Waals surface area contributed by atoms with E-state index in [-0.39, 0.29) is 11.4 Å². The topological polar surface area (TPSA) is 90.8 Å². The molecule has 9 heteroatoms. The third kappa shape index (κ3) is 4.75. The summed E-state index contributed by atoms with van der Waals surface area (Å²) >= 11 is 0. The molecule has 0 aliphatic carbocycles. The van der Waals surface area contributed by atoms with Crippen molar-refractivity contribution in [2.45, 2.75) is 6.18 Å². The molecule has 0 spiro atoms. The van der Waals surface area contributed by atoms with Crippen LogP contribution in [0.2, 0.25) is 0 Å². The highest BCUT2D eigenvalue weighted by Gasteiger charge is 2.33. The fourth-order valence-electron chi connectivity index (χ4n) is 2.53. The SMILES string of the molecule is CN/C(=C\C(=N)C(F)(F)F)NC(=O)c1ccc2cc(-c3ccccn3)cnc2c1. The first-order chi connectivity index (χ1) is 13.8. The zero-order valence-corrected chi connectivity index (χ0v) is 15.2. The second-order valence-corrected chi connectivity index (χ2v) is 6.02. The summed E-state index contributed by atoms with van der Waals surface area (Å²) in [7, 11) is 1.34. The fourth-order valence-corrected chi connectivity index (χ4v) is 2.53. The van der Waals surface area contributed by atoms with E-state index in [9.17, 15) is 18.0 Å². The number of aromatic nitrogens is 2. The van der Waals surface area contributed by atoms with Crippen LogP contribution >= 0.6 is 0 Å². The van der Waals surface area contributed by atoms with Crippen molar-refractivity contribution in [3.63, 3.8) is 0 Å². The number of amides is 1. The molecule has 6 nitrogen and oxygen atoms in total. The molecular weight excluding hydrogens is 383 g/mol. The number of allylic oxidation sites excluding steroid dienone is 1. The fraction of sp³-hybridized carbons (Fsp3) is 0.100. The molecule has 0 unspecified atom stereocenters. The second-order valence-electron chi connectivity index (χ2n) is 6.02. The minimum atomic E-state index is -4.80. The van der Waals surface area contributed by atoms with Gasteiger partial charge in [-0.3, -0.25) is 20.2 Å². The Morgan fingerprint density at radius 2 is 1.93 bits per heavy atom. The van der Waals surface area contributed by atoms with Crippen molar-refractivity contribution in [1.29, 1.82) is 5.41 Å². The van der Waals surface area contributed by atoms with Gasteiger partial charge in [0.1, 0.15) is 11.5 Å². The maximum Gasteiger partial charge on any atom is 0.432 e. The van der Waals surface area contributed by atoms with Gasteiger partial charge in [0.25, 0.3) is 5.91 Å². The standard InChI is InChI=1S/C20H16F3N5O/c1-25-18(10-17(24)20(21,22)23)28-19(29)13-6-5-12-8-14(11-27-16(12)9-13)15-4-2-3-7-26-15/h2-11,24-25H,1H3,(H,28,29)/b18-10+,24-17?. The van der Waals surface area contributed by atoms with Gasteiger partial charge in [-0.15, -0.1) is 0 Å². The first-order valence-corrected chi connectivity index (χ1v) is 8.45. The third-order valence-corrected chi connectivity index (χ3v) is 4.02. The molecule has 2 heterocycles. The number of benzene rings is 1. The average molecular weight is 399 g/mol. The van der Waals surface area contributed by atoms with Crippen LogP contribution in [0, 0.1) is 5.41 Å². The molecule has 148 valence electrons. The van der Waals surface area contributed by atoms with Gasteiger partial charge < -0.3 is 10.6 Å². The van der Waals surface area contributed by atoms with Crippen LogP contribution in [0.5, 0.6) is 0 Å². The highest BCUT2D eigenvalue weighted by Crippen LogP contribution is 2.22. The average Bonchev–Trinajstić information content (AvgIpc) is 2.72. The van der Waals surface area contributed by atoms with E-state index in [1.165, 1.54) is 13.1 Å². The van der Waals surface area contributed by atoms with E-state index in [4.69, 9.17) is 5.41 Å². The molecule has 29 heavy (non-hydrogen) atoms. The highest BCUT2D eigenvalue weighted by molar-refractivity contribution is 6.01. The van der Waals surface area contributed by atoms with E-state index >= 15 is 0 Å². The Morgan fingerprint density at radius 1 is 1.14 bits per heavy atom. The molecule has 0 saturated carbocycles. The van der Waals surface area contributed by atoms with E-state index < -0.39 is 17.8 Å². The quantitative estimate of drug-likeness (QED) is 0.571. The number of nitrogens with zero attached hydrogens (tertiary/aromatic N) is 2. The minimum absolute atomic E-state index is 0.218. The lowest BCUT2D eigenvalue weighted by Crippen LogP contribution is -2.32. The summed E-state index contributed by atoms with van der Waals surface area (Å²) in [4.78, 5) is 21.0. The zero-order chi connectivity index (χ0) is 21.0. The predicted octanol–water partition coefficient (Wildman–Crippen LogP) is 3.67. The van der Waals surface area contributed by atoms with Crippen LogP contribution in [-0.2, 0) is 0 Å². The molecule has 3 aromatic rings. The van der Waals surface area contributed by atoms with Crippen LogP contribution in [0.3, 0.4) is 0 Å². The molecule has 0 bridgehead atoms. The Bertz CT molecular complexity index is 1090. The summed E-state index contributed by atoms with van der Waals surface area (Å²) in [6.07, 6.45) is -0.977. The van der Waals surface area contributed by atoms with Gasteiger partial charge in [-0.1, -0.05) is 12.1 Å². The smallest absolute Gasteiger partial charge is 0.375 e. The van der Waals surface area contributed by atoms with Crippen LogP contribution in [0.4, 0.5) is 13.2 Å². The lowest BCUT2D eigenvalue weighted by molar-refractivity contribution is -0.0584. The Kier molecular flexibility index (Phi) is 5.58. The van der Waals surface area contributed by atoms with Crippen molar-refractivity contribution in [2.24, 2.45) is 0 Å². The van der Waals surface area contributed by atoms with E-state index in [0.717, 1.165) is 16.6 Å². The Labute approximate surface area is 164 Å². The van der Waals surface area contributed by atoms with Crippen molar-refractivity contribution >= 4 is 22.5 Å². The molecule has 0 fully saturated rings. The van der Waals surface area contributed by atoms with Crippen LogP contribution in [0.1, 0.15) is 10.4 Å². The van der Waals surface area contributed by atoms with Gasteiger partial charge in [-0.25, -0.2) is 0 Å². The highest BCUT2D eigenvalue weighted by atomic mass is 19.4. The predicted molar refractivity (Wildman–Crippen MR) is 103 cm³/mol. The maximum atomic E-state index is 12.5. The number of fused-ring (bicyclic) bond motifs is 1. The lowest BCUT2D eigenvalue weighted by Gasteiger charge is -2.11. The van der Waals surface area contributed by atoms with Crippen LogP contribution in [0.25, 0.3) is 22.2 Å². The van der Waals surface area contributed by atoms with Gasteiger partial charge in [-0.2, -0.15) is 13.2 Å². The number of halogens is 3. The lowest BCUT2D eigenvalue weighted by atomic mass is 10.1. The van der Waals surface area contributed by atoms with E-state index in [1.54, 1.807) is 24.5 Å². The molecule has 0 radical (unpaired) electrons. The molecule has 0 saturated heterocycles. The Morgan fingerprint density at radius 3 is 2.59 bits per heavy atom. The molecule has 0 aliphatic rings. The van der Waals surface area contributed by atoms with Gasteiger partial charge in [0.15, 0.2) is 0 Å². The first-order valence-electron chi connectivity index (χ1n) is 8.45. The summed E-state index contributed by atoms with van der Waals surface area (Å²) in [5.41, 5.74) is 0.774. The van der Waals surface area contributed by atoms with E-state index in [2.05, 4.69) is 20.6 Å². The summed E-state index contributed by atoms with van der Waals surface area (Å²) in [6.45, 7) is 0. The number of pyridine rings is 2. The number of carbonyl (C=O) groups is 1. The van der Waals surface area contributed by atoms with E-state index in [1.807, 2.05) is 24.3 Å². The van der Waals surface area contributed by atoms with Crippen LogP contribution in [0.15, 0.2) is 66.8 Å². The number of alkyl halides is 3. The zero-order valence-electron chi connectivity index (χ0n) is 15.2. The van der Waals surface area contributed by atoms with Gasteiger partial charge in [0.05, 0.1) is 11.2 Å². The second kappa shape index (κ2) is 8.09. The largest absolute Gasteiger partial charge is 0.432 e. The van der Waals surface area contributed by atoms with Gasteiger partial charge >= 0.3 is 6.18 Å². The molecule has 3 rings (SSSR count). The summed E-state index contributed by atoms with van der Waals surface area (Å²) in [5, 5.41) is 12.6. The molecular formula is C20H16F3N5O. The van der Waals surface area contributed by atoms with Gasteiger partial charge in [0, 0.05) is 42.0 Å². The molecule has 0 aliphatic heterocycles. The molecule has 3 N–H and O–H groups in total. The van der Waals surface area contributed by atoms with Crippen molar-refractivity contribution in [3.8, 4) is 11.3 Å². The summed E-state index contributed by atoms with van der Waals surface area (Å²) < 4.78 is 37.5. The van der Waals surface area contributed by atoms with Crippen molar-refractivity contribution in [3.05, 3.63) is 72.3 Å². The van der Waals surface area contributed by atoms with Gasteiger partial charge in [-0.05, 0) is 30.3 Å². The molecule has 1 aromatic carbocycles. The van der Waals surface area contributed by atoms with Crippen LogP contribution in [-0.4, -0.2) is 34.8 Å². The number of hydrogen-bond donors (Lipinski definition) is 3. The van der Waals surface area contributed by atoms with Crippen LogP contribution < -0.4 is 10.6 Å². The minimum Gasteiger partial charge on any atom is -0.375 e. The third-order valence-electron chi connectivity index (χ3n) is 4.02. The molecule has 0 atom stereocenters. The van der Waals surface area contributed by atoms with Crippen molar-refractivity contribution in [1.82, 2.24) is 20.6 Å². The Hall–Kier alpha value is -3.75. The van der Waals surface area contributed by atoms with E-state index in [0.29, 0.717) is 11.6 Å².